The lowest BCUT2D eigenvalue weighted by atomic mass is 10.2. The van der Waals surface area contributed by atoms with Gasteiger partial charge in [-0.2, -0.15) is 0 Å². The first-order valence-electron chi connectivity index (χ1n) is 3.13. The molecular formula is C6H11N. The first kappa shape index (κ1) is 3.90. The molecule has 0 spiro atoms. The molecule has 3 unspecified atom stereocenters. The smallest absolute Gasteiger partial charge is 0.0227 e. The minimum atomic E-state index is 0.921. The summed E-state index contributed by atoms with van der Waals surface area (Å²) in [5.41, 5.74) is 0. The molecule has 7 heavy (non-hydrogen) atoms. The van der Waals surface area contributed by atoms with E-state index in [1.54, 1.807) is 0 Å². The second-order valence-corrected chi connectivity index (χ2v) is 2.78. The SMILES string of the molecule is CC1CCC2CN12. The first-order valence-corrected chi connectivity index (χ1v) is 3.13. The fourth-order valence-electron chi connectivity index (χ4n) is 1.59. The third-order valence-electron chi connectivity index (χ3n) is 2.24. The summed E-state index contributed by atoms with van der Waals surface area (Å²) in [6, 6.07) is 1.94. The lowest BCUT2D eigenvalue weighted by molar-refractivity contribution is 0.456. The molecule has 3 atom stereocenters. The van der Waals surface area contributed by atoms with E-state index < -0.39 is 0 Å². The summed E-state index contributed by atoms with van der Waals surface area (Å²) in [7, 11) is 0. The van der Waals surface area contributed by atoms with Gasteiger partial charge in [0, 0.05) is 18.6 Å². The van der Waals surface area contributed by atoms with Crippen molar-refractivity contribution in [2.24, 2.45) is 0 Å². The molecule has 0 aliphatic carbocycles. The van der Waals surface area contributed by atoms with E-state index in [9.17, 15) is 0 Å². The molecule has 2 heterocycles. The van der Waals surface area contributed by atoms with Gasteiger partial charge in [-0.05, 0) is 19.8 Å². The number of hydrogen-bond acceptors (Lipinski definition) is 1. The Morgan fingerprint density at radius 3 is 2.43 bits per heavy atom. The van der Waals surface area contributed by atoms with Crippen LogP contribution in [0.1, 0.15) is 19.8 Å². The molecule has 2 aliphatic heterocycles. The molecule has 0 bridgehead atoms. The van der Waals surface area contributed by atoms with Crippen molar-refractivity contribution >= 4 is 0 Å². The van der Waals surface area contributed by atoms with Gasteiger partial charge < -0.3 is 0 Å². The molecule has 2 saturated heterocycles. The zero-order valence-corrected chi connectivity index (χ0v) is 4.72. The van der Waals surface area contributed by atoms with Crippen LogP contribution in [0.15, 0.2) is 0 Å². The second kappa shape index (κ2) is 1.03. The average molecular weight is 97.2 g/mol. The molecule has 2 aliphatic rings. The van der Waals surface area contributed by atoms with Crippen LogP contribution in [0.2, 0.25) is 0 Å². The van der Waals surface area contributed by atoms with E-state index in [1.807, 2.05) is 0 Å². The summed E-state index contributed by atoms with van der Waals surface area (Å²) in [5.74, 6) is 0. The molecule has 0 N–H and O–H groups in total. The number of rotatable bonds is 0. The molecule has 0 aromatic rings. The van der Waals surface area contributed by atoms with Crippen LogP contribution in [0, 0.1) is 0 Å². The van der Waals surface area contributed by atoms with Crippen molar-refractivity contribution < 1.29 is 0 Å². The number of piperidine rings is 1. The summed E-state index contributed by atoms with van der Waals surface area (Å²) in [4.78, 5) is 2.57. The largest absolute Gasteiger partial charge is 0.295 e. The van der Waals surface area contributed by atoms with Crippen molar-refractivity contribution in [3.63, 3.8) is 0 Å². The van der Waals surface area contributed by atoms with Crippen molar-refractivity contribution in [1.82, 2.24) is 4.90 Å². The Morgan fingerprint density at radius 1 is 1.43 bits per heavy atom. The van der Waals surface area contributed by atoms with E-state index in [-0.39, 0.29) is 0 Å². The standard InChI is InChI=1S/C6H11N/c1-5-2-3-6-4-7(5)6/h5-6H,2-4H2,1H3. The van der Waals surface area contributed by atoms with Crippen LogP contribution in [-0.4, -0.2) is 23.5 Å². The fraction of sp³-hybridized carbons (Fsp3) is 1.00. The molecule has 0 aromatic heterocycles. The van der Waals surface area contributed by atoms with E-state index in [2.05, 4.69) is 11.8 Å². The van der Waals surface area contributed by atoms with Gasteiger partial charge >= 0.3 is 0 Å². The molecule has 0 amide bonds. The van der Waals surface area contributed by atoms with Crippen molar-refractivity contribution in [1.29, 1.82) is 0 Å². The lowest BCUT2D eigenvalue weighted by Gasteiger charge is -2.01. The summed E-state index contributed by atoms with van der Waals surface area (Å²) >= 11 is 0. The van der Waals surface area contributed by atoms with E-state index in [4.69, 9.17) is 0 Å². The van der Waals surface area contributed by atoms with Gasteiger partial charge in [-0.25, -0.2) is 0 Å². The van der Waals surface area contributed by atoms with Gasteiger partial charge in [-0.1, -0.05) is 0 Å². The molecule has 1 nitrogen and oxygen atoms in total. The van der Waals surface area contributed by atoms with Crippen LogP contribution in [0.25, 0.3) is 0 Å². The number of fused-ring (bicyclic) bond motifs is 1. The van der Waals surface area contributed by atoms with Crippen LogP contribution in [0.3, 0.4) is 0 Å². The highest BCUT2D eigenvalue weighted by Gasteiger charge is 2.42. The maximum Gasteiger partial charge on any atom is 0.0227 e. The Kier molecular flexibility index (Phi) is 0.571. The normalized spacial score (nSPS) is 57.0. The van der Waals surface area contributed by atoms with Crippen LogP contribution >= 0.6 is 0 Å². The van der Waals surface area contributed by atoms with Crippen molar-refractivity contribution in [3.8, 4) is 0 Å². The van der Waals surface area contributed by atoms with Gasteiger partial charge in [0.25, 0.3) is 0 Å². The monoisotopic (exact) mass is 97.1 g/mol. The maximum atomic E-state index is 2.57. The molecule has 2 rings (SSSR count). The molecule has 1 heteroatoms. The van der Waals surface area contributed by atoms with Crippen LogP contribution in [0.4, 0.5) is 0 Å². The molecule has 0 aromatic carbocycles. The van der Waals surface area contributed by atoms with Crippen molar-refractivity contribution in [2.75, 3.05) is 6.54 Å². The zero-order chi connectivity index (χ0) is 4.85. The van der Waals surface area contributed by atoms with Gasteiger partial charge in [0.15, 0.2) is 0 Å². The van der Waals surface area contributed by atoms with Crippen molar-refractivity contribution in [2.45, 2.75) is 31.8 Å². The molecule has 2 fully saturated rings. The Labute approximate surface area is 44.3 Å². The van der Waals surface area contributed by atoms with Gasteiger partial charge in [-0.15, -0.1) is 0 Å². The van der Waals surface area contributed by atoms with Gasteiger partial charge in [0.05, 0.1) is 0 Å². The van der Waals surface area contributed by atoms with E-state index in [0.717, 1.165) is 12.1 Å². The second-order valence-electron chi connectivity index (χ2n) is 2.78. The Morgan fingerprint density at radius 2 is 2.29 bits per heavy atom. The van der Waals surface area contributed by atoms with Crippen molar-refractivity contribution in [3.05, 3.63) is 0 Å². The minimum absolute atomic E-state index is 0.921. The van der Waals surface area contributed by atoms with Gasteiger partial charge in [-0.3, -0.25) is 4.90 Å². The maximum absolute atomic E-state index is 2.57. The van der Waals surface area contributed by atoms with Gasteiger partial charge in [0.1, 0.15) is 0 Å². The molecule has 0 radical (unpaired) electrons. The summed E-state index contributed by atoms with van der Waals surface area (Å²) < 4.78 is 0. The van der Waals surface area contributed by atoms with Crippen LogP contribution in [0.5, 0.6) is 0 Å². The lowest BCUT2D eigenvalue weighted by Crippen LogP contribution is -2.07. The molecule has 40 valence electrons. The summed E-state index contributed by atoms with van der Waals surface area (Å²) in [6.07, 6.45) is 2.92. The number of hydrogen-bond donors (Lipinski definition) is 0. The number of nitrogens with zero attached hydrogens (tertiary/aromatic N) is 1. The highest BCUT2D eigenvalue weighted by atomic mass is 15.3. The molecule has 0 saturated carbocycles. The summed E-state index contributed by atoms with van der Waals surface area (Å²) in [6.45, 7) is 3.73. The molecular weight excluding hydrogens is 86.1 g/mol. The fourth-order valence-corrected chi connectivity index (χ4v) is 1.59. The Hall–Kier alpha value is -0.0400. The quantitative estimate of drug-likeness (QED) is 0.405. The van der Waals surface area contributed by atoms with Crippen LogP contribution < -0.4 is 0 Å². The highest BCUT2D eigenvalue weighted by molar-refractivity contribution is 4.98. The topological polar surface area (TPSA) is 3.01 Å². The summed E-state index contributed by atoms with van der Waals surface area (Å²) in [5, 5.41) is 0. The third kappa shape index (κ3) is 0.418. The van der Waals surface area contributed by atoms with E-state index >= 15 is 0 Å². The average Bonchev–Trinajstić information content (AvgIpc) is 2.33. The Balaban J connectivity index is 2.08. The minimum Gasteiger partial charge on any atom is -0.295 e. The van der Waals surface area contributed by atoms with E-state index in [0.29, 0.717) is 0 Å². The van der Waals surface area contributed by atoms with Gasteiger partial charge in [0.2, 0.25) is 0 Å². The Bertz CT molecular complexity index is 90.2. The predicted molar refractivity (Wildman–Crippen MR) is 29.2 cm³/mol. The zero-order valence-electron chi connectivity index (χ0n) is 4.72. The predicted octanol–water partition coefficient (Wildman–Crippen LogP) is 0.853. The third-order valence-corrected chi connectivity index (χ3v) is 2.24. The highest BCUT2D eigenvalue weighted by Crippen LogP contribution is 2.34. The first-order chi connectivity index (χ1) is 3.38. The van der Waals surface area contributed by atoms with E-state index in [1.165, 1.54) is 19.4 Å². The van der Waals surface area contributed by atoms with Crippen LogP contribution in [-0.2, 0) is 0 Å².